The first-order valence-electron chi connectivity index (χ1n) is 6.45. The molecule has 0 saturated carbocycles. The third kappa shape index (κ3) is 4.59. The van der Waals surface area contributed by atoms with Crippen molar-refractivity contribution in [3.63, 3.8) is 0 Å². The summed E-state index contributed by atoms with van der Waals surface area (Å²) in [5.41, 5.74) is 1.21. The summed E-state index contributed by atoms with van der Waals surface area (Å²) in [5.74, 6) is 1.74. The summed E-state index contributed by atoms with van der Waals surface area (Å²) in [6, 6.07) is 11.8. The van der Waals surface area contributed by atoms with Crippen molar-refractivity contribution >= 4 is 17.3 Å². The Balaban J connectivity index is 1.68. The van der Waals surface area contributed by atoms with Gasteiger partial charge in [-0.1, -0.05) is 12.1 Å². The maximum absolute atomic E-state index is 5.22. The maximum atomic E-state index is 5.22. The fourth-order valence-corrected chi connectivity index (χ4v) is 1.97. The summed E-state index contributed by atoms with van der Waals surface area (Å²) >= 11 is 5.20. The van der Waals surface area contributed by atoms with Crippen molar-refractivity contribution in [2.45, 2.75) is 13.0 Å². The van der Waals surface area contributed by atoms with E-state index >= 15 is 0 Å². The van der Waals surface area contributed by atoms with Crippen molar-refractivity contribution in [1.82, 2.24) is 10.6 Å². The van der Waals surface area contributed by atoms with Crippen molar-refractivity contribution in [2.75, 3.05) is 13.7 Å². The zero-order valence-electron chi connectivity index (χ0n) is 11.4. The normalized spacial score (nSPS) is 10.1. The number of rotatable bonds is 6. The zero-order chi connectivity index (χ0) is 14.2. The van der Waals surface area contributed by atoms with Gasteiger partial charge in [-0.15, -0.1) is 0 Å². The fraction of sp³-hybridized carbons (Fsp3) is 0.267. The first-order valence-corrected chi connectivity index (χ1v) is 6.86. The van der Waals surface area contributed by atoms with Gasteiger partial charge >= 0.3 is 0 Å². The molecule has 5 heteroatoms. The summed E-state index contributed by atoms with van der Waals surface area (Å²) in [6.45, 7) is 1.37. The molecule has 0 aliphatic rings. The van der Waals surface area contributed by atoms with E-state index in [1.165, 1.54) is 5.56 Å². The minimum Gasteiger partial charge on any atom is -0.497 e. The van der Waals surface area contributed by atoms with E-state index < -0.39 is 0 Å². The topological polar surface area (TPSA) is 46.4 Å². The van der Waals surface area contributed by atoms with Crippen LogP contribution in [-0.2, 0) is 13.0 Å². The summed E-state index contributed by atoms with van der Waals surface area (Å²) in [5, 5.41) is 6.89. The Morgan fingerprint density at radius 3 is 2.90 bits per heavy atom. The van der Waals surface area contributed by atoms with Gasteiger partial charge in [-0.3, -0.25) is 0 Å². The molecule has 106 valence electrons. The van der Waals surface area contributed by atoms with E-state index in [0.29, 0.717) is 11.7 Å². The molecule has 1 aromatic heterocycles. The number of nitrogens with one attached hydrogen (secondary N) is 2. The van der Waals surface area contributed by atoms with Crippen LogP contribution in [0.25, 0.3) is 0 Å². The van der Waals surface area contributed by atoms with E-state index in [0.717, 1.165) is 24.5 Å². The van der Waals surface area contributed by atoms with Gasteiger partial charge in [0.05, 0.1) is 19.9 Å². The number of hydrogen-bond acceptors (Lipinski definition) is 3. The predicted octanol–water partition coefficient (Wildman–Crippen LogP) is 2.50. The zero-order valence-corrected chi connectivity index (χ0v) is 12.2. The van der Waals surface area contributed by atoms with Gasteiger partial charge in [0.15, 0.2) is 5.11 Å². The van der Waals surface area contributed by atoms with Crippen LogP contribution in [0.15, 0.2) is 47.1 Å². The molecular weight excluding hydrogens is 272 g/mol. The summed E-state index contributed by atoms with van der Waals surface area (Å²) in [6.07, 6.45) is 2.54. The Morgan fingerprint density at radius 1 is 1.25 bits per heavy atom. The highest BCUT2D eigenvalue weighted by molar-refractivity contribution is 7.80. The minimum atomic E-state index is 0.595. The fourth-order valence-electron chi connectivity index (χ4n) is 1.79. The number of furan rings is 1. The van der Waals surface area contributed by atoms with Crippen LogP contribution in [0.4, 0.5) is 0 Å². The van der Waals surface area contributed by atoms with Crippen molar-refractivity contribution in [1.29, 1.82) is 0 Å². The van der Waals surface area contributed by atoms with Gasteiger partial charge in [-0.25, -0.2) is 0 Å². The molecule has 0 radical (unpaired) electrons. The lowest BCUT2D eigenvalue weighted by Gasteiger charge is -2.10. The van der Waals surface area contributed by atoms with E-state index in [2.05, 4.69) is 16.7 Å². The standard InChI is InChI=1S/C15H18N2O2S/c1-18-13-5-2-4-12(10-13)7-8-16-15(20)17-11-14-6-3-9-19-14/h2-6,9-10H,7-8,11H2,1H3,(H2,16,17,20). The van der Waals surface area contributed by atoms with Gasteiger partial charge in [-0.05, 0) is 48.5 Å². The maximum Gasteiger partial charge on any atom is 0.166 e. The third-order valence-corrected chi connectivity index (χ3v) is 3.13. The average Bonchev–Trinajstić information content (AvgIpc) is 2.99. The van der Waals surface area contributed by atoms with E-state index in [1.807, 2.05) is 30.3 Å². The number of thiocarbonyl (C=S) groups is 1. The Morgan fingerprint density at radius 2 is 2.15 bits per heavy atom. The highest BCUT2D eigenvalue weighted by Crippen LogP contribution is 2.12. The van der Waals surface area contributed by atoms with Crippen LogP contribution in [0, 0.1) is 0 Å². The van der Waals surface area contributed by atoms with Crippen LogP contribution in [0.3, 0.4) is 0 Å². The second-order valence-electron chi connectivity index (χ2n) is 4.29. The predicted molar refractivity (Wildman–Crippen MR) is 82.8 cm³/mol. The quantitative estimate of drug-likeness (QED) is 0.800. The molecule has 0 atom stereocenters. The monoisotopic (exact) mass is 290 g/mol. The van der Waals surface area contributed by atoms with Crippen LogP contribution >= 0.6 is 12.2 Å². The molecule has 4 nitrogen and oxygen atoms in total. The molecule has 1 heterocycles. The molecule has 2 aromatic rings. The molecule has 1 aromatic carbocycles. The number of methoxy groups -OCH3 is 1. The summed E-state index contributed by atoms with van der Waals surface area (Å²) in [4.78, 5) is 0. The second kappa shape index (κ2) is 7.55. The molecule has 0 saturated heterocycles. The van der Waals surface area contributed by atoms with E-state index in [9.17, 15) is 0 Å². The van der Waals surface area contributed by atoms with Crippen LogP contribution in [0.2, 0.25) is 0 Å². The van der Waals surface area contributed by atoms with Gasteiger partial charge in [0, 0.05) is 6.54 Å². The average molecular weight is 290 g/mol. The lowest BCUT2D eigenvalue weighted by Crippen LogP contribution is -2.35. The van der Waals surface area contributed by atoms with Gasteiger partial charge in [-0.2, -0.15) is 0 Å². The lowest BCUT2D eigenvalue weighted by molar-refractivity contribution is 0.414. The van der Waals surface area contributed by atoms with Crippen molar-refractivity contribution in [3.05, 3.63) is 54.0 Å². The molecule has 2 N–H and O–H groups in total. The summed E-state index contributed by atoms with van der Waals surface area (Å²) < 4.78 is 10.4. The molecule has 0 aliphatic carbocycles. The third-order valence-electron chi connectivity index (χ3n) is 2.84. The molecular formula is C15H18N2O2S. The molecule has 0 aliphatic heterocycles. The Hall–Kier alpha value is -2.01. The van der Waals surface area contributed by atoms with Gasteiger partial charge in [0.1, 0.15) is 11.5 Å². The molecule has 0 amide bonds. The van der Waals surface area contributed by atoms with Crippen molar-refractivity contribution in [2.24, 2.45) is 0 Å². The SMILES string of the molecule is COc1cccc(CCNC(=S)NCc2ccco2)c1. The van der Waals surface area contributed by atoms with Crippen molar-refractivity contribution in [3.8, 4) is 5.75 Å². The largest absolute Gasteiger partial charge is 0.497 e. The molecule has 0 bridgehead atoms. The van der Waals surface area contributed by atoms with E-state index in [4.69, 9.17) is 21.4 Å². The Bertz CT molecular complexity index is 541. The van der Waals surface area contributed by atoms with Crippen LogP contribution < -0.4 is 15.4 Å². The number of hydrogen-bond donors (Lipinski definition) is 2. The molecule has 0 unspecified atom stereocenters. The van der Waals surface area contributed by atoms with Gasteiger partial charge in [0.25, 0.3) is 0 Å². The van der Waals surface area contributed by atoms with Crippen molar-refractivity contribution < 1.29 is 9.15 Å². The highest BCUT2D eigenvalue weighted by atomic mass is 32.1. The van der Waals surface area contributed by atoms with Gasteiger partial charge < -0.3 is 19.8 Å². The van der Waals surface area contributed by atoms with Crippen LogP contribution in [0.1, 0.15) is 11.3 Å². The first kappa shape index (κ1) is 14.4. The molecule has 2 rings (SSSR count). The second-order valence-corrected chi connectivity index (χ2v) is 4.70. The number of ether oxygens (including phenoxy) is 1. The summed E-state index contributed by atoms with van der Waals surface area (Å²) in [7, 11) is 1.67. The minimum absolute atomic E-state index is 0.595. The molecule has 0 spiro atoms. The van der Waals surface area contributed by atoms with E-state index in [-0.39, 0.29) is 0 Å². The smallest absolute Gasteiger partial charge is 0.166 e. The van der Waals surface area contributed by atoms with E-state index in [1.54, 1.807) is 13.4 Å². The molecule has 20 heavy (non-hydrogen) atoms. The first-order chi connectivity index (χ1) is 9.78. The molecule has 0 fully saturated rings. The van der Waals surface area contributed by atoms with Crippen LogP contribution in [0.5, 0.6) is 5.75 Å². The van der Waals surface area contributed by atoms with Crippen LogP contribution in [-0.4, -0.2) is 18.8 Å². The lowest BCUT2D eigenvalue weighted by atomic mass is 10.1. The highest BCUT2D eigenvalue weighted by Gasteiger charge is 1.99. The van der Waals surface area contributed by atoms with Gasteiger partial charge in [0.2, 0.25) is 0 Å². The number of benzene rings is 1. The Kier molecular flexibility index (Phi) is 5.43. The Labute approximate surface area is 124 Å².